The maximum absolute atomic E-state index is 15.5. The summed E-state index contributed by atoms with van der Waals surface area (Å²) in [5.74, 6) is -5.53. The molecule has 15 nitrogen and oxygen atoms in total. The molecule has 4 aliphatic heterocycles. The second-order valence-electron chi connectivity index (χ2n) is 17.6. The zero-order valence-corrected chi connectivity index (χ0v) is 39.0. The van der Waals surface area contributed by atoms with Crippen molar-refractivity contribution in [1.29, 1.82) is 0 Å². The Balaban J connectivity index is 0.920. The summed E-state index contributed by atoms with van der Waals surface area (Å²) in [5.41, 5.74) is -8.11. The fourth-order valence-corrected chi connectivity index (χ4v) is 9.19. The van der Waals surface area contributed by atoms with Crippen molar-refractivity contribution < 1.29 is 79.3 Å². The van der Waals surface area contributed by atoms with Crippen LogP contribution in [0.4, 0.5) is 37.7 Å². The maximum Gasteiger partial charge on any atom is 0.411 e. The van der Waals surface area contributed by atoms with Crippen LogP contribution in [0.5, 0.6) is 0 Å². The molecule has 0 saturated carbocycles. The third-order valence-electron chi connectivity index (χ3n) is 13.1. The molecule has 0 fully saturated rings. The first-order valence-corrected chi connectivity index (χ1v) is 23.2. The van der Waals surface area contributed by atoms with E-state index in [4.69, 9.17) is 9.47 Å². The van der Waals surface area contributed by atoms with Crippen LogP contribution in [0.15, 0.2) is 122 Å². The summed E-state index contributed by atoms with van der Waals surface area (Å²) < 4.78 is 103. The molecule has 4 aliphatic rings. The van der Waals surface area contributed by atoms with E-state index in [-0.39, 0.29) is 68.3 Å². The average Bonchev–Trinajstić information content (AvgIpc) is 4.02. The molecule has 0 aliphatic carbocycles. The lowest BCUT2D eigenvalue weighted by Crippen LogP contribution is -2.55. The quantitative estimate of drug-likeness (QED) is 0.0424. The summed E-state index contributed by atoms with van der Waals surface area (Å²) in [4.78, 5) is 104. The van der Waals surface area contributed by atoms with Gasteiger partial charge in [0.15, 0.2) is 6.23 Å². The smallest absolute Gasteiger partial charge is 0.411 e. The van der Waals surface area contributed by atoms with Crippen LogP contribution in [0.3, 0.4) is 0 Å². The predicted molar refractivity (Wildman–Crippen MR) is 250 cm³/mol. The molecule has 4 aromatic rings. The fourth-order valence-electron chi connectivity index (χ4n) is 9.19. The fraction of sp³-hybridized carbons (Fsp3) is 0.283. The topological polar surface area (TPSA) is 188 Å². The number of aliphatic hydroxyl groups excluding tert-OH is 1. The minimum atomic E-state index is -6.16. The SMILES string of the molecule is C=C1C=CC(=O)N1CCCCCC(=O)OCCc1ccc(N2C(=O)c3ccc(C(c4ccc5c(c4)C(=O)N(c4ccc(CCOC(=O)CCN6C(=O)C=CC6=O)cc4)C5=O)(C(F)(F)F)C(F)(F)F)cc3C2O)cc1. The van der Waals surface area contributed by atoms with Crippen molar-refractivity contribution in [2.75, 3.05) is 36.1 Å². The zero-order valence-electron chi connectivity index (χ0n) is 39.0. The number of anilines is 2. The van der Waals surface area contributed by atoms with Gasteiger partial charge >= 0.3 is 24.3 Å². The third-order valence-corrected chi connectivity index (χ3v) is 13.1. The molecule has 0 saturated heterocycles. The molecule has 384 valence electrons. The van der Waals surface area contributed by atoms with Crippen LogP contribution in [0.1, 0.15) is 97.2 Å². The number of nitrogens with zero attached hydrogens (tertiary/aromatic N) is 4. The standard InChI is InChI=1S/C53H44F6N4O11/c1-31-6-19-42(64)60(31)25-4-2-3-5-45(67)73-27-23-32-7-13-36(14-8-32)62-47(69)38-17-11-34(29-40(38)49(62)71)51(52(54,55)56,53(57,58)59)35-12-18-39-41(30-35)50(72)63(48(39)70)37-15-9-33(10-16-37)24-28-74-46(68)22-26-61-43(65)20-21-44(61)66/h6-21,29-30,49,71H,1-5,22-28H2. The normalized spacial score (nSPS) is 16.6. The summed E-state index contributed by atoms with van der Waals surface area (Å²) in [5, 5.41) is 11.4. The van der Waals surface area contributed by atoms with Gasteiger partial charge in [-0.1, -0.05) is 49.4 Å². The number of halogens is 6. The number of fused-ring (bicyclic) bond motifs is 2. The Labute approximate surface area is 417 Å². The summed E-state index contributed by atoms with van der Waals surface area (Å²) in [6.07, 6.45) is -6.95. The van der Waals surface area contributed by atoms with Crippen LogP contribution in [-0.2, 0) is 51.7 Å². The van der Waals surface area contributed by atoms with Crippen LogP contribution in [0.25, 0.3) is 0 Å². The van der Waals surface area contributed by atoms with E-state index in [9.17, 15) is 43.5 Å². The molecule has 1 unspecified atom stereocenters. The molecule has 74 heavy (non-hydrogen) atoms. The number of esters is 2. The van der Waals surface area contributed by atoms with Crippen molar-refractivity contribution in [3.05, 3.63) is 166 Å². The summed E-state index contributed by atoms with van der Waals surface area (Å²) in [7, 11) is 0. The van der Waals surface area contributed by atoms with Gasteiger partial charge in [0.25, 0.3) is 35.4 Å². The lowest BCUT2D eigenvalue weighted by atomic mass is 9.71. The van der Waals surface area contributed by atoms with Gasteiger partial charge < -0.3 is 19.5 Å². The van der Waals surface area contributed by atoms with E-state index in [2.05, 4.69) is 6.58 Å². The Morgan fingerprint density at radius 2 is 1.07 bits per heavy atom. The number of aliphatic hydroxyl groups is 1. The number of imide groups is 2. The van der Waals surface area contributed by atoms with Crippen molar-refractivity contribution in [3.63, 3.8) is 0 Å². The van der Waals surface area contributed by atoms with Crippen LogP contribution >= 0.6 is 0 Å². The van der Waals surface area contributed by atoms with Crippen LogP contribution in [0.2, 0.25) is 0 Å². The van der Waals surface area contributed by atoms with Crippen LogP contribution < -0.4 is 9.80 Å². The van der Waals surface area contributed by atoms with Crippen molar-refractivity contribution in [1.82, 2.24) is 9.80 Å². The highest BCUT2D eigenvalue weighted by atomic mass is 19.4. The minimum Gasteiger partial charge on any atom is -0.465 e. The minimum absolute atomic E-state index is 0.00782. The highest BCUT2D eigenvalue weighted by Gasteiger charge is 2.73. The van der Waals surface area contributed by atoms with Gasteiger partial charge in [-0.2, -0.15) is 26.3 Å². The molecule has 1 atom stereocenters. The van der Waals surface area contributed by atoms with Gasteiger partial charge in [0.1, 0.15) is 0 Å². The lowest BCUT2D eigenvalue weighted by molar-refractivity contribution is -0.288. The van der Waals surface area contributed by atoms with E-state index >= 15 is 26.3 Å². The van der Waals surface area contributed by atoms with E-state index in [1.54, 1.807) is 23.1 Å². The van der Waals surface area contributed by atoms with Gasteiger partial charge in [0, 0.05) is 73.1 Å². The number of carbonyl (C=O) groups is 8. The molecule has 8 rings (SSSR count). The maximum atomic E-state index is 15.5. The molecule has 6 amide bonds. The van der Waals surface area contributed by atoms with Gasteiger partial charge in [0.2, 0.25) is 5.41 Å². The van der Waals surface area contributed by atoms with Gasteiger partial charge in [-0.3, -0.25) is 48.2 Å². The van der Waals surface area contributed by atoms with Crippen molar-refractivity contribution >= 4 is 58.8 Å². The summed E-state index contributed by atoms with van der Waals surface area (Å²) >= 11 is 0. The largest absolute Gasteiger partial charge is 0.465 e. The second-order valence-corrected chi connectivity index (χ2v) is 17.6. The van der Waals surface area contributed by atoms with Gasteiger partial charge in [0.05, 0.1) is 36.4 Å². The molecule has 1 N–H and O–H groups in total. The highest BCUT2D eigenvalue weighted by Crippen LogP contribution is 2.57. The average molecular weight is 1030 g/mol. The number of amides is 6. The number of allylic oxidation sites excluding steroid dienone is 1. The monoisotopic (exact) mass is 1030 g/mol. The molecule has 0 aromatic heterocycles. The lowest BCUT2D eigenvalue weighted by Gasteiger charge is -2.38. The number of unbranched alkanes of at least 4 members (excludes halogenated alkanes) is 2. The summed E-state index contributed by atoms with van der Waals surface area (Å²) in [6.45, 7) is 3.98. The van der Waals surface area contributed by atoms with E-state index < -0.39 is 93.3 Å². The number of carbonyl (C=O) groups excluding carboxylic acids is 8. The Kier molecular flexibility index (Phi) is 14.6. The molecule has 0 radical (unpaired) electrons. The third kappa shape index (κ3) is 9.98. The first kappa shape index (κ1) is 52.1. The van der Waals surface area contributed by atoms with Crippen LogP contribution in [0, 0.1) is 0 Å². The van der Waals surface area contributed by atoms with E-state index in [1.165, 1.54) is 42.5 Å². The van der Waals surface area contributed by atoms with Crippen molar-refractivity contribution in [2.24, 2.45) is 0 Å². The molecule has 4 heterocycles. The number of ether oxygens (including phenoxy) is 2. The predicted octanol–water partition coefficient (Wildman–Crippen LogP) is 7.51. The molecular formula is C53H44F6N4O11. The number of rotatable bonds is 19. The summed E-state index contributed by atoms with van der Waals surface area (Å²) in [6, 6.07) is 14.7. The van der Waals surface area contributed by atoms with E-state index in [0.29, 0.717) is 77.9 Å². The molecule has 0 spiro atoms. The number of benzene rings is 4. The molecular weight excluding hydrogens is 983 g/mol. The Morgan fingerprint density at radius 1 is 0.554 bits per heavy atom. The zero-order chi connectivity index (χ0) is 53.3. The van der Waals surface area contributed by atoms with E-state index in [0.717, 1.165) is 28.0 Å². The number of hydrogen-bond acceptors (Lipinski definition) is 11. The van der Waals surface area contributed by atoms with Gasteiger partial charge in [-0.15, -0.1) is 0 Å². The van der Waals surface area contributed by atoms with Crippen LogP contribution in [-0.4, -0.2) is 101 Å². The Hall–Kier alpha value is -8.20. The van der Waals surface area contributed by atoms with Gasteiger partial charge in [-0.25, -0.2) is 4.90 Å². The van der Waals surface area contributed by atoms with E-state index in [1.807, 2.05) is 0 Å². The Bertz CT molecular complexity index is 2990. The van der Waals surface area contributed by atoms with Crippen molar-refractivity contribution in [3.8, 4) is 0 Å². The molecule has 0 bridgehead atoms. The van der Waals surface area contributed by atoms with Crippen molar-refractivity contribution in [2.45, 2.75) is 68.9 Å². The highest BCUT2D eigenvalue weighted by molar-refractivity contribution is 6.34. The first-order chi connectivity index (χ1) is 35.1. The van der Waals surface area contributed by atoms with Gasteiger partial charge in [-0.05, 0) is 89.7 Å². The number of alkyl halides is 6. The molecule has 4 aromatic carbocycles. The second kappa shape index (κ2) is 20.7. The first-order valence-electron chi connectivity index (χ1n) is 23.2. The Morgan fingerprint density at radius 3 is 1.64 bits per heavy atom. The molecule has 21 heteroatoms. The number of hydrogen-bond donors (Lipinski definition) is 1.